The SMILES string of the molecule is CC(CCN1CCOCC1C(=O)O)c1ccccc1. The van der Waals surface area contributed by atoms with Crippen LogP contribution in [0.15, 0.2) is 30.3 Å². The van der Waals surface area contributed by atoms with Crippen molar-refractivity contribution in [3.05, 3.63) is 35.9 Å². The number of rotatable bonds is 5. The number of nitrogens with zero attached hydrogens (tertiary/aromatic N) is 1. The van der Waals surface area contributed by atoms with Crippen LogP contribution in [-0.4, -0.2) is 48.3 Å². The molecule has 1 heterocycles. The van der Waals surface area contributed by atoms with Gasteiger partial charge < -0.3 is 9.84 Å². The molecule has 0 saturated carbocycles. The van der Waals surface area contributed by atoms with Crippen LogP contribution in [0.2, 0.25) is 0 Å². The molecular formula is C15H21NO3. The molecule has 0 aromatic heterocycles. The van der Waals surface area contributed by atoms with E-state index >= 15 is 0 Å². The third-order valence-electron chi connectivity index (χ3n) is 3.74. The zero-order valence-corrected chi connectivity index (χ0v) is 11.3. The summed E-state index contributed by atoms with van der Waals surface area (Å²) in [5.74, 6) is -0.342. The van der Waals surface area contributed by atoms with Gasteiger partial charge in [0, 0.05) is 6.54 Å². The van der Waals surface area contributed by atoms with Gasteiger partial charge in [0.05, 0.1) is 13.2 Å². The van der Waals surface area contributed by atoms with Gasteiger partial charge in [0.2, 0.25) is 0 Å². The summed E-state index contributed by atoms with van der Waals surface area (Å²) in [4.78, 5) is 13.2. The van der Waals surface area contributed by atoms with Crippen LogP contribution in [0.4, 0.5) is 0 Å². The molecule has 1 aliphatic rings. The van der Waals surface area contributed by atoms with Crippen LogP contribution in [0.3, 0.4) is 0 Å². The number of morpholine rings is 1. The molecule has 1 aliphatic heterocycles. The number of carbonyl (C=O) groups is 1. The number of benzene rings is 1. The van der Waals surface area contributed by atoms with Gasteiger partial charge in [-0.25, -0.2) is 0 Å². The molecule has 104 valence electrons. The Morgan fingerprint density at radius 1 is 1.47 bits per heavy atom. The largest absolute Gasteiger partial charge is 0.480 e. The molecule has 1 aromatic carbocycles. The summed E-state index contributed by atoms with van der Waals surface area (Å²) in [6, 6.07) is 9.86. The van der Waals surface area contributed by atoms with Gasteiger partial charge in [0.15, 0.2) is 0 Å². The lowest BCUT2D eigenvalue weighted by Crippen LogP contribution is -2.50. The van der Waals surface area contributed by atoms with Gasteiger partial charge in [-0.3, -0.25) is 9.69 Å². The van der Waals surface area contributed by atoms with E-state index in [1.165, 1.54) is 5.56 Å². The van der Waals surface area contributed by atoms with Gasteiger partial charge in [-0.1, -0.05) is 37.3 Å². The molecular weight excluding hydrogens is 242 g/mol. The number of hydrogen-bond donors (Lipinski definition) is 1. The fourth-order valence-corrected chi connectivity index (χ4v) is 2.44. The fraction of sp³-hybridized carbons (Fsp3) is 0.533. The monoisotopic (exact) mass is 263 g/mol. The molecule has 1 aromatic rings. The van der Waals surface area contributed by atoms with Crippen molar-refractivity contribution in [3.8, 4) is 0 Å². The molecule has 19 heavy (non-hydrogen) atoms. The Bertz CT molecular complexity index is 407. The predicted octanol–water partition coefficient (Wildman–Crippen LogP) is 1.97. The van der Waals surface area contributed by atoms with Crippen LogP contribution in [0.25, 0.3) is 0 Å². The van der Waals surface area contributed by atoms with Crippen molar-refractivity contribution in [2.45, 2.75) is 25.3 Å². The van der Waals surface area contributed by atoms with Gasteiger partial charge in [-0.05, 0) is 24.4 Å². The minimum absolute atomic E-state index is 0.301. The second-order valence-electron chi connectivity index (χ2n) is 5.07. The van der Waals surface area contributed by atoms with Gasteiger partial charge in [0.25, 0.3) is 0 Å². The van der Waals surface area contributed by atoms with E-state index in [-0.39, 0.29) is 0 Å². The Kier molecular flexibility index (Phi) is 4.93. The highest BCUT2D eigenvalue weighted by Crippen LogP contribution is 2.20. The van der Waals surface area contributed by atoms with Crippen molar-refractivity contribution in [2.24, 2.45) is 0 Å². The number of aliphatic carboxylic acids is 1. The van der Waals surface area contributed by atoms with Crippen LogP contribution in [0.5, 0.6) is 0 Å². The maximum absolute atomic E-state index is 11.2. The van der Waals surface area contributed by atoms with Crippen LogP contribution in [0, 0.1) is 0 Å². The average molecular weight is 263 g/mol. The van der Waals surface area contributed by atoms with Crippen molar-refractivity contribution in [1.29, 1.82) is 0 Å². The van der Waals surface area contributed by atoms with E-state index in [9.17, 15) is 4.79 Å². The Morgan fingerprint density at radius 2 is 2.21 bits per heavy atom. The summed E-state index contributed by atoms with van der Waals surface area (Å²) >= 11 is 0. The molecule has 0 amide bonds. The first-order chi connectivity index (χ1) is 9.18. The minimum atomic E-state index is -0.785. The molecule has 0 bridgehead atoms. The molecule has 0 aliphatic carbocycles. The smallest absolute Gasteiger partial charge is 0.323 e. The van der Waals surface area contributed by atoms with Crippen LogP contribution in [0.1, 0.15) is 24.8 Å². The van der Waals surface area contributed by atoms with E-state index in [2.05, 4.69) is 19.1 Å². The zero-order chi connectivity index (χ0) is 13.7. The summed E-state index contributed by atoms with van der Waals surface area (Å²) in [6.07, 6.45) is 0.966. The van der Waals surface area contributed by atoms with Gasteiger partial charge in [0.1, 0.15) is 6.04 Å². The molecule has 0 spiro atoms. The van der Waals surface area contributed by atoms with Gasteiger partial charge >= 0.3 is 5.97 Å². The van der Waals surface area contributed by atoms with Gasteiger partial charge in [-0.15, -0.1) is 0 Å². The van der Waals surface area contributed by atoms with Crippen LogP contribution >= 0.6 is 0 Å². The van der Waals surface area contributed by atoms with E-state index in [0.29, 0.717) is 25.7 Å². The maximum atomic E-state index is 11.2. The first-order valence-corrected chi connectivity index (χ1v) is 6.78. The second kappa shape index (κ2) is 6.68. The molecule has 2 atom stereocenters. The van der Waals surface area contributed by atoms with E-state index in [0.717, 1.165) is 13.0 Å². The summed E-state index contributed by atoms with van der Waals surface area (Å²) in [6.45, 7) is 4.62. The molecule has 4 heteroatoms. The Balaban J connectivity index is 1.88. The summed E-state index contributed by atoms with van der Waals surface area (Å²) in [5.41, 5.74) is 1.31. The van der Waals surface area contributed by atoms with E-state index in [4.69, 9.17) is 9.84 Å². The Labute approximate surface area is 114 Å². The molecule has 2 unspecified atom stereocenters. The van der Waals surface area contributed by atoms with E-state index < -0.39 is 12.0 Å². The van der Waals surface area contributed by atoms with Crippen LogP contribution in [-0.2, 0) is 9.53 Å². The molecule has 2 rings (SSSR count). The van der Waals surface area contributed by atoms with Crippen molar-refractivity contribution < 1.29 is 14.6 Å². The van der Waals surface area contributed by atoms with Crippen LogP contribution < -0.4 is 0 Å². The highest BCUT2D eigenvalue weighted by atomic mass is 16.5. The fourth-order valence-electron chi connectivity index (χ4n) is 2.44. The maximum Gasteiger partial charge on any atom is 0.323 e. The van der Waals surface area contributed by atoms with Crippen molar-refractivity contribution in [3.63, 3.8) is 0 Å². The normalized spacial score (nSPS) is 22.1. The van der Waals surface area contributed by atoms with Crippen molar-refractivity contribution in [2.75, 3.05) is 26.3 Å². The average Bonchev–Trinajstić information content (AvgIpc) is 2.46. The van der Waals surface area contributed by atoms with E-state index in [1.807, 2.05) is 23.1 Å². The van der Waals surface area contributed by atoms with Crippen molar-refractivity contribution in [1.82, 2.24) is 4.90 Å². The third-order valence-corrected chi connectivity index (χ3v) is 3.74. The minimum Gasteiger partial charge on any atom is -0.480 e. The van der Waals surface area contributed by atoms with Crippen molar-refractivity contribution >= 4 is 5.97 Å². The molecule has 0 radical (unpaired) electrons. The number of carboxylic acid groups (broad SMARTS) is 1. The van der Waals surface area contributed by atoms with E-state index in [1.54, 1.807) is 0 Å². The highest BCUT2D eigenvalue weighted by molar-refractivity contribution is 5.73. The summed E-state index contributed by atoms with van der Waals surface area (Å²) in [7, 11) is 0. The lowest BCUT2D eigenvalue weighted by atomic mass is 9.97. The molecule has 1 saturated heterocycles. The zero-order valence-electron chi connectivity index (χ0n) is 11.3. The highest BCUT2D eigenvalue weighted by Gasteiger charge is 2.28. The number of hydrogen-bond acceptors (Lipinski definition) is 3. The lowest BCUT2D eigenvalue weighted by Gasteiger charge is -2.33. The quantitative estimate of drug-likeness (QED) is 0.882. The Morgan fingerprint density at radius 3 is 2.89 bits per heavy atom. The Hall–Kier alpha value is -1.39. The molecule has 1 N–H and O–H groups in total. The third kappa shape index (κ3) is 3.78. The predicted molar refractivity (Wildman–Crippen MR) is 73.3 cm³/mol. The van der Waals surface area contributed by atoms with Gasteiger partial charge in [-0.2, -0.15) is 0 Å². The summed E-state index contributed by atoms with van der Waals surface area (Å²) < 4.78 is 5.24. The second-order valence-corrected chi connectivity index (χ2v) is 5.07. The summed E-state index contributed by atoms with van der Waals surface area (Å²) in [5, 5.41) is 9.17. The standard InChI is InChI=1S/C15H21NO3/c1-12(13-5-3-2-4-6-13)7-8-16-9-10-19-11-14(16)15(17)18/h2-6,12,14H,7-11H2,1H3,(H,17,18). The topological polar surface area (TPSA) is 49.8 Å². The first kappa shape index (κ1) is 14.0. The number of carboxylic acids is 1. The first-order valence-electron chi connectivity index (χ1n) is 6.78. The number of ether oxygens (including phenoxy) is 1. The lowest BCUT2D eigenvalue weighted by molar-refractivity contribution is -0.149. The molecule has 4 nitrogen and oxygen atoms in total. The molecule has 1 fully saturated rings.